The highest BCUT2D eigenvalue weighted by Gasteiger charge is 1.97. The predicted molar refractivity (Wildman–Crippen MR) is 51.3 cm³/mol. The summed E-state index contributed by atoms with van der Waals surface area (Å²) in [5, 5.41) is 0.703. The van der Waals surface area contributed by atoms with E-state index in [-0.39, 0.29) is 0 Å². The van der Waals surface area contributed by atoms with Gasteiger partial charge in [-0.2, -0.15) is 0 Å². The van der Waals surface area contributed by atoms with Crippen molar-refractivity contribution in [3.8, 4) is 11.1 Å². The molecule has 0 fully saturated rings. The summed E-state index contributed by atoms with van der Waals surface area (Å²) in [5.74, 6) is 0. The second-order valence-electron chi connectivity index (χ2n) is 2.56. The Bertz CT molecular complexity index is 401. The van der Waals surface area contributed by atoms with Crippen molar-refractivity contribution in [2.24, 2.45) is 0 Å². The van der Waals surface area contributed by atoms with Gasteiger partial charge in [0.15, 0.2) is 0 Å². The molecule has 2 nitrogen and oxygen atoms in total. The summed E-state index contributed by atoms with van der Waals surface area (Å²) in [6, 6.07) is 7.52. The molecular weight excluding hydrogens is 184 g/mol. The quantitative estimate of drug-likeness (QED) is 0.689. The summed E-state index contributed by atoms with van der Waals surface area (Å²) in [6.45, 7) is 0. The van der Waals surface area contributed by atoms with Gasteiger partial charge in [-0.15, -0.1) is 0 Å². The molecule has 0 atom stereocenters. The molecule has 0 bridgehead atoms. The third-order valence-electron chi connectivity index (χ3n) is 1.65. The number of nitrogens with zero attached hydrogens (tertiary/aromatic N) is 2. The molecule has 2 aromatic rings. The molecule has 13 heavy (non-hydrogen) atoms. The topological polar surface area (TPSA) is 25.8 Å². The Hall–Kier alpha value is -1.41. The molecule has 3 heteroatoms. The van der Waals surface area contributed by atoms with Crippen molar-refractivity contribution in [1.29, 1.82) is 0 Å². The van der Waals surface area contributed by atoms with Crippen molar-refractivity contribution < 1.29 is 0 Å². The van der Waals surface area contributed by atoms with E-state index in [0.29, 0.717) is 5.02 Å². The highest BCUT2D eigenvalue weighted by Crippen LogP contribution is 2.20. The normalized spacial score (nSPS) is 9.92. The van der Waals surface area contributed by atoms with Crippen LogP contribution in [0.1, 0.15) is 0 Å². The van der Waals surface area contributed by atoms with Gasteiger partial charge in [-0.1, -0.05) is 23.7 Å². The molecule has 2 rings (SSSR count). The number of benzene rings is 1. The minimum Gasteiger partial charge on any atom is -0.244 e. The summed E-state index contributed by atoms with van der Waals surface area (Å²) >= 11 is 5.84. The van der Waals surface area contributed by atoms with Crippen molar-refractivity contribution >= 4 is 11.6 Å². The van der Waals surface area contributed by atoms with E-state index < -0.39 is 0 Å². The summed E-state index contributed by atoms with van der Waals surface area (Å²) in [6.07, 6.45) is 6.00. The summed E-state index contributed by atoms with van der Waals surface area (Å²) in [4.78, 5) is 7.72. The highest BCUT2D eigenvalue weighted by molar-refractivity contribution is 6.30. The van der Waals surface area contributed by atoms with Gasteiger partial charge in [-0.3, -0.25) is 0 Å². The van der Waals surface area contributed by atoms with Crippen LogP contribution >= 0.6 is 11.6 Å². The Morgan fingerprint density at radius 2 is 2.23 bits per heavy atom. The number of aromatic nitrogens is 2. The van der Waals surface area contributed by atoms with Gasteiger partial charge < -0.3 is 0 Å². The van der Waals surface area contributed by atoms with Gasteiger partial charge >= 0.3 is 0 Å². The molecule has 0 spiro atoms. The van der Waals surface area contributed by atoms with Crippen LogP contribution in [-0.2, 0) is 0 Å². The maximum atomic E-state index is 5.84. The van der Waals surface area contributed by atoms with E-state index in [1.165, 1.54) is 6.33 Å². The Kier molecular flexibility index (Phi) is 2.23. The molecule has 0 aliphatic rings. The van der Waals surface area contributed by atoms with Crippen molar-refractivity contribution in [2.45, 2.75) is 0 Å². The molecule has 0 saturated carbocycles. The number of rotatable bonds is 1. The molecule has 1 aromatic heterocycles. The molecule has 0 N–H and O–H groups in total. The summed E-state index contributed by atoms with van der Waals surface area (Å²) < 4.78 is 0. The molecule has 1 aromatic carbocycles. The molecule has 0 aliphatic heterocycles. The van der Waals surface area contributed by atoms with Crippen LogP contribution in [0.5, 0.6) is 0 Å². The zero-order valence-electron chi connectivity index (χ0n) is 6.74. The van der Waals surface area contributed by atoms with Gasteiger partial charge in [-0.25, -0.2) is 9.97 Å². The first-order chi connectivity index (χ1) is 6.36. The Morgan fingerprint density at radius 3 is 2.92 bits per heavy atom. The standard InChI is InChI=1S/C10H6ClN2/c11-10-3-1-2-8(4-10)9-5-12-7-13-6-9/h1-5,7H. The van der Waals surface area contributed by atoms with E-state index in [0.717, 1.165) is 11.1 Å². The first-order valence-corrected chi connectivity index (χ1v) is 4.18. The first-order valence-electron chi connectivity index (χ1n) is 3.80. The Balaban J connectivity index is 2.48. The Labute approximate surface area is 81.2 Å². The molecule has 63 valence electrons. The van der Waals surface area contributed by atoms with E-state index in [1.807, 2.05) is 24.3 Å². The maximum absolute atomic E-state index is 5.84. The van der Waals surface area contributed by atoms with Crippen LogP contribution in [0.25, 0.3) is 11.1 Å². The van der Waals surface area contributed by atoms with E-state index >= 15 is 0 Å². The molecular formula is C10H6ClN2. The monoisotopic (exact) mass is 189 g/mol. The fourth-order valence-corrected chi connectivity index (χ4v) is 1.25. The highest BCUT2D eigenvalue weighted by atomic mass is 35.5. The first kappa shape index (κ1) is 8.20. The molecule has 0 saturated heterocycles. The predicted octanol–water partition coefficient (Wildman–Crippen LogP) is 2.60. The lowest BCUT2D eigenvalue weighted by atomic mass is 10.1. The SMILES string of the molecule is Clc1cccc(-c2[c]ncnc2)c1. The van der Waals surface area contributed by atoms with Gasteiger partial charge in [0.25, 0.3) is 0 Å². The average molecular weight is 190 g/mol. The second-order valence-corrected chi connectivity index (χ2v) is 3.00. The van der Waals surface area contributed by atoms with Gasteiger partial charge in [0.05, 0.1) is 0 Å². The third-order valence-corrected chi connectivity index (χ3v) is 1.88. The number of hydrogen-bond donors (Lipinski definition) is 0. The molecule has 1 radical (unpaired) electrons. The zero-order valence-corrected chi connectivity index (χ0v) is 7.49. The average Bonchev–Trinajstić information content (AvgIpc) is 2.19. The van der Waals surface area contributed by atoms with Gasteiger partial charge in [0.2, 0.25) is 0 Å². The Morgan fingerprint density at radius 1 is 1.31 bits per heavy atom. The summed E-state index contributed by atoms with van der Waals surface area (Å²) in [7, 11) is 0. The molecule has 0 amide bonds. The van der Waals surface area contributed by atoms with Crippen molar-refractivity contribution in [2.75, 3.05) is 0 Å². The van der Waals surface area contributed by atoms with Crippen LogP contribution in [0.15, 0.2) is 36.8 Å². The molecule has 0 aliphatic carbocycles. The molecule has 0 unspecified atom stereocenters. The largest absolute Gasteiger partial charge is 0.244 e. The van der Waals surface area contributed by atoms with Gasteiger partial charge in [0, 0.05) is 16.8 Å². The molecule has 1 heterocycles. The third kappa shape index (κ3) is 1.84. The van der Waals surface area contributed by atoms with E-state index in [9.17, 15) is 0 Å². The second kappa shape index (κ2) is 3.54. The van der Waals surface area contributed by atoms with Gasteiger partial charge in [0.1, 0.15) is 12.5 Å². The maximum Gasteiger partial charge on any atom is 0.116 e. The van der Waals surface area contributed by atoms with Crippen LogP contribution in [0.2, 0.25) is 5.02 Å². The van der Waals surface area contributed by atoms with Crippen molar-refractivity contribution in [3.05, 3.63) is 48.0 Å². The minimum atomic E-state index is 0.703. The van der Waals surface area contributed by atoms with Crippen LogP contribution in [0, 0.1) is 6.20 Å². The van der Waals surface area contributed by atoms with E-state index in [1.54, 1.807) is 6.20 Å². The smallest absolute Gasteiger partial charge is 0.116 e. The summed E-state index contributed by atoms with van der Waals surface area (Å²) in [5.41, 5.74) is 1.83. The van der Waals surface area contributed by atoms with Crippen LogP contribution in [0.3, 0.4) is 0 Å². The number of halogens is 1. The van der Waals surface area contributed by atoms with Crippen LogP contribution < -0.4 is 0 Å². The number of hydrogen-bond acceptors (Lipinski definition) is 2. The van der Waals surface area contributed by atoms with Crippen molar-refractivity contribution in [3.63, 3.8) is 0 Å². The lowest BCUT2D eigenvalue weighted by molar-refractivity contribution is 1.16. The minimum absolute atomic E-state index is 0.703. The van der Waals surface area contributed by atoms with E-state index in [2.05, 4.69) is 16.2 Å². The van der Waals surface area contributed by atoms with Crippen LogP contribution in [0.4, 0.5) is 0 Å². The zero-order chi connectivity index (χ0) is 9.10. The fourth-order valence-electron chi connectivity index (χ4n) is 1.06. The van der Waals surface area contributed by atoms with Gasteiger partial charge in [-0.05, 0) is 17.7 Å². The lowest BCUT2D eigenvalue weighted by Crippen LogP contribution is -1.81. The van der Waals surface area contributed by atoms with Crippen molar-refractivity contribution in [1.82, 2.24) is 9.97 Å². The lowest BCUT2D eigenvalue weighted by Gasteiger charge is -1.98. The van der Waals surface area contributed by atoms with Crippen LogP contribution in [-0.4, -0.2) is 9.97 Å². The van der Waals surface area contributed by atoms with E-state index in [4.69, 9.17) is 11.6 Å². The fraction of sp³-hybridized carbons (Fsp3) is 0.